The molecule has 0 saturated carbocycles. The number of aromatic nitrogens is 2. The van der Waals surface area contributed by atoms with Crippen molar-refractivity contribution in [2.45, 2.75) is 18.6 Å². The van der Waals surface area contributed by atoms with Crippen LogP contribution in [-0.4, -0.2) is 52.9 Å². The molecule has 1 aliphatic rings. The van der Waals surface area contributed by atoms with Crippen molar-refractivity contribution in [1.82, 2.24) is 14.7 Å². The Bertz CT molecular complexity index is 667. The fourth-order valence-corrected chi connectivity index (χ4v) is 2.89. The molecule has 2 aromatic rings. The van der Waals surface area contributed by atoms with E-state index in [0.717, 1.165) is 17.3 Å². The second-order valence-electron chi connectivity index (χ2n) is 5.47. The summed E-state index contributed by atoms with van der Waals surface area (Å²) in [5, 5.41) is 5.27. The number of nitrogens with two attached hydrogens (primary N) is 1. The molecule has 1 fully saturated rings. The number of rotatable bonds is 2. The van der Waals surface area contributed by atoms with Crippen molar-refractivity contribution in [3.05, 3.63) is 30.0 Å². The van der Waals surface area contributed by atoms with E-state index in [1.807, 2.05) is 31.3 Å². The number of amides is 1. The molecule has 3 rings (SSSR count). The third kappa shape index (κ3) is 2.41. The summed E-state index contributed by atoms with van der Waals surface area (Å²) in [6.45, 7) is 1.16. The van der Waals surface area contributed by atoms with E-state index in [1.54, 1.807) is 16.7 Å². The number of hydrogen-bond acceptors (Lipinski definition) is 4. The monoisotopic (exact) mass is 288 g/mol. The maximum absolute atomic E-state index is 12.7. The zero-order chi connectivity index (χ0) is 15.0. The number of carbonyl (C=O) groups is 1. The Hall–Kier alpha value is -1.92. The smallest absolute Gasteiger partial charge is 0.275 e. The predicted octanol–water partition coefficient (Wildman–Crippen LogP) is 0.761. The van der Waals surface area contributed by atoms with E-state index in [1.165, 1.54) is 0 Å². The van der Waals surface area contributed by atoms with Gasteiger partial charge in [-0.3, -0.25) is 9.48 Å². The Balaban J connectivity index is 1.91. The summed E-state index contributed by atoms with van der Waals surface area (Å²) in [7, 11) is 3.48. The molecule has 0 spiro atoms. The molecule has 2 atom stereocenters. The topological polar surface area (TPSA) is 73.4 Å². The van der Waals surface area contributed by atoms with Gasteiger partial charge in [0.25, 0.3) is 5.91 Å². The van der Waals surface area contributed by atoms with Crippen LogP contribution in [0.5, 0.6) is 0 Å². The molecule has 1 aromatic heterocycles. The number of fused-ring (bicyclic) bond motifs is 1. The van der Waals surface area contributed by atoms with Crippen molar-refractivity contribution in [2.75, 3.05) is 20.2 Å². The number of ether oxygens (including phenoxy) is 1. The van der Waals surface area contributed by atoms with Gasteiger partial charge in [0.1, 0.15) is 0 Å². The maximum atomic E-state index is 12.7. The van der Waals surface area contributed by atoms with Gasteiger partial charge in [0, 0.05) is 38.7 Å². The highest BCUT2D eigenvalue weighted by Crippen LogP contribution is 2.21. The van der Waals surface area contributed by atoms with Crippen LogP contribution in [0.1, 0.15) is 16.9 Å². The first-order valence-corrected chi connectivity index (χ1v) is 7.11. The number of likely N-dealkylation sites (tertiary alicyclic amines) is 1. The van der Waals surface area contributed by atoms with Gasteiger partial charge < -0.3 is 15.4 Å². The van der Waals surface area contributed by atoms with E-state index < -0.39 is 0 Å². The van der Waals surface area contributed by atoms with E-state index >= 15 is 0 Å². The third-order valence-electron chi connectivity index (χ3n) is 4.16. The molecule has 1 aromatic carbocycles. The highest BCUT2D eigenvalue weighted by molar-refractivity contribution is 6.04. The van der Waals surface area contributed by atoms with Gasteiger partial charge in [-0.2, -0.15) is 5.10 Å². The number of nitrogens with zero attached hydrogens (tertiary/aromatic N) is 3. The fraction of sp³-hybridized carbons (Fsp3) is 0.467. The zero-order valence-electron chi connectivity index (χ0n) is 12.3. The molecule has 6 nitrogen and oxygen atoms in total. The number of hydrogen-bond donors (Lipinski definition) is 1. The first kappa shape index (κ1) is 14.0. The summed E-state index contributed by atoms with van der Waals surface area (Å²) in [5.41, 5.74) is 7.46. The largest absolute Gasteiger partial charge is 0.378 e. The minimum absolute atomic E-state index is 0.0143. The lowest BCUT2D eigenvalue weighted by atomic mass is 10.0. The summed E-state index contributed by atoms with van der Waals surface area (Å²) in [4.78, 5) is 14.5. The van der Waals surface area contributed by atoms with E-state index in [0.29, 0.717) is 18.8 Å². The number of aryl methyl sites for hydroxylation is 1. The molecule has 0 aliphatic carbocycles. The normalized spacial score (nSPS) is 22.7. The molecule has 2 N–H and O–H groups in total. The Morgan fingerprint density at radius 1 is 1.43 bits per heavy atom. The average molecular weight is 288 g/mol. The SMILES string of the molecule is CO[C@@H]1CN(C(=O)c2nn(C)c3ccccc23)CC[C@@H]1N. The summed E-state index contributed by atoms with van der Waals surface area (Å²) < 4.78 is 7.11. The highest BCUT2D eigenvalue weighted by atomic mass is 16.5. The molecule has 0 radical (unpaired) electrons. The number of piperidine rings is 1. The molecule has 1 amide bonds. The predicted molar refractivity (Wildman–Crippen MR) is 80.0 cm³/mol. The molecule has 0 bridgehead atoms. The van der Waals surface area contributed by atoms with Crippen LogP contribution in [0.2, 0.25) is 0 Å². The van der Waals surface area contributed by atoms with Gasteiger partial charge in [0.2, 0.25) is 0 Å². The van der Waals surface area contributed by atoms with Crippen molar-refractivity contribution in [3.8, 4) is 0 Å². The average Bonchev–Trinajstić information content (AvgIpc) is 2.85. The van der Waals surface area contributed by atoms with E-state index in [2.05, 4.69) is 5.10 Å². The number of para-hydroxylation sites is 1. The van der Waals surface area contributed by atoms with Crippen LogP contribution in [-0.2, 0) is 11.8 Å². The van der Waals surface area contributed by atoms with Gasteiger partial charge in [0.15, 0.2) is 5.69 Å². The third-order valence-corrected chi connectivity index (χ3v) is 4.16. The van der Waals surface area contributed by atoms with Crippen LogP contribution in [0.15, 0.2) is 24.3 Å². The molecule has 2 heterocycles. The van der Waals surface area contributed by atoms with Crippen molar-refractivity contribution in [3.63, 3.8) is 0 Å². The van der Waals surface area contributed by atoms with Crippen LogP contribution in [0, 0.1) is 0 Å². The van der Waals surface area contributed by atoms with Crippen molar-refractivity contribution in [2.24, 2.45) is 12.8 Å². The van der Waals surface area contributed by atoms with Crippen molar-refractivity contribution >= 4 is 16.8 Å². The lowest BCUT2D eigenvalue weighted by molar-refractivity contribution is 0.0160. The zero-order valence-corrected chi connectivity index (χ0v) is 12.3. The Morgan fingerprint density at radius 2 is 2.19 bits per heavy atom. The van der Waals surface area contributed by atoms with E-state index in [4.69, 9.17) is 10.5 Å². The molecular formula is C15H20N4O2. The minimum atomic E-state index is -0.113. The van der Waals surface area contributed by atoms with Crippen LogP contribution in [0.4, 0.5) is 0 Å². The second kappa shape index (κ2) is 5.46. The molecule has 112 valence electrons. The minimum Gasteiger partial charge on any atom is -0.378 e. The first-order valence-electron chi connectivity index (χ1n) is 7.11. The molecular weight excluding hydrogens is 268 g/mol. The quantitative estimate of drug-likeness (QED) is 0.885. The highest BCUT2D eigenvalue weighted by Gasteiger charge is 2.31. The lowest BCUT2D eigenvalue weighted by Gasteiger charge is -2.35. The molecule has 6 heteroatoms. The molecule has 21 heavy (non-hydrogen) atoms. The standard InChI is InChI=1S/C15H20N4O2/c1-18-12-6-4-3-5-10(12)14(17-18)15(20)19-8-7-11(16)13(9-19)21-2/h3-6,11,13H,7-9,16H2,1-2H3/t11-,13+/m0/s1. The summed E-state index contributed by atoms with van der Waals surface area (Å²) in [6.07, 6.45) is 0.632. The second-order valence-corrected chi connectivity index (χ2v) is 5.47. The van der Waals surface area contributed by atoms with Gasteiger partial charge >= 0.3 is 0 Å². The Labute approximate surface area is 123 Å². The van der Waals surface area contributed by atoms with Gasteiger partial charge in [-0.25, -0.2) is 0 Å². The van der Waals surface area contributed by atoms with Crippen LogP contribution >= 0.6 is 0 Å². The fourth-order valence-electron chi connectivity index (χ4n) is 2.89. The van der Waals surface area contributed by atoms with Crippen molar-refractivity contribution < 1.29 is 9.53 Å². The van der Waals surface area contributed by atoms with E-state index in [-0.39, 0.29) is 18.1 Å². The summed E-state index contributed by atoms with van der Waals surface area (Å²) in [6, 6.07) is 7.74. The van der Waals surface area contributed by atoms with Gasteiger partial charge in [-0.15, -0.1) is 0 Å². The Kier molecular flexibility index (Phi) is 3.65. The van der Waals surface area contributed by atoms with Crippen LogP contribution in [0.25, 0.3) is 10.9 Å². The number of methoxy groups -OCH3 is 1. The first-order chi connectivity index (χ1) is 10.1. The van der Waals surface area contributed by atoms with Gasteiger partial charge in [0.05, 0.1) is 11.6 Å². The van der Waals surface area contributed by atoms with Gasteiger partial charge in [-0.1, -0.05) is 18.2 Å². The van der Waals surface area contributed by atoms with Crippen LogP contribution in [0.3, 0.4) is 0 Å². The van der Waals surface area contributed by atoms with Gasteiger partial charge in [-0.05, 0) is 12.5 Å². The van der Waals surface area contributed by atoms with E-state index in [9.17, 15) is 4.79 Å². The summed E-state index contributed by atoms with van der Waals surface area (Å²) >= 11 is 0. The molecule has 1 saturated heterocycles. The maximum Gasteiger partial charge on any atom is 0.275 e. The summed E-state index contributed by atoms with van der Waals surface area (Å²) in [5.74, 6) is -0.0549. The number of benzene rings is 1. The Morgan fingerprint density at radius 3 is 2.95 bits per heavy atom. The van der Waals surface area contributed by atoms with Crippen molar-refractivity contribution in [1.29, 1.82) is 0 Å². The van der Waals surface area contributed by atoms with Crippen LogP contribution < -0.4 is 5.73 Å². The number of carbonyl (C=O) groups excluding carboxylic acids is 1. The molecule has 1 aliphatic heterocycles. The lowest BCUT2D eigenvalue weighted by Crippen LogP contribution is -2.53. The molecule has 0 unspecified atom stereocenters.